The Labute approximate surface area is 95.6 Å². The summed E-state index contributed by atoms with van der Waals surface area (Å²) >= 11 is 0. The van der Waals surface area contributed by atoms with Crippen LogP contribution in [0, 0.1) is 6.92 Å². The van der Waals surface area contributed by atoms with Crippen LogP contribution in [-0.2, 0) is 11.3 Å². The van der Waals surface area contributed by atoms with Crippen molar-refractivity contribution < 1.29 is 4.79 Å². The number of pyridine rings is 1. The van der Waals surface area contributed by atoms with Gasteiger partial charge < -0.3 is 0 Å². The molecule has 88 valence electrons. The molecule has 1 heterocycles. The highest BCUT2D eigenvalue weighted by molar-refractivity contribution is 5.77. The average molecular weight is 222 g/mol. The third kappa shape index (κ3) is 3.96. The molecule has 0 aliphatic carbocycles. The predicted octanol–water partition coefficient (Wildman–Crippen LogP) is 0.202. The van der Waals surface area contributed by atoms with E-state index >= 15 is 0 Å². The lowest BCUT2D eigenvalue weighted by molar-refractivity contribution is -0.122. The second-order valence-corrected chi connectivity index (χ2v) is 3.64. The van der Waals surface area contributed by atoms with E-state index in [1.807, 2.05) is 36.9 Å². The molecule has 0 saturated carbocycles. The Balaban J connectivity index is 2.59. The maximum atomic E-state index is 11.1. The minimum Gasteiger partial charge on any atom is -0.293 e. The molecule has 16 heavy (non-hydrogen) atoms. The molecule has 5 heteroatoms. The van der Waals surface area contributed by atoms with E-state index < -0.39 is 0 Å². The molecule has 0 bridgehead atoms. The van der Waals surface area contributed by atoms with Crippen LogP contribution < -0.4 is 11.3 Å². The number of carbonyl (C=O) groups is 1. The molecule has 1 amide bonds. The summed E-state index contributed by atoms with van der Waals surface area (Å²) in [5, 5.41) is 0. The lowest BCUT2D eigenvalue weighted by Crippen LogP contribution is -2.40. The lowest BCUT2D eigenvalue weighted by atomic mass is 10.3. The molecule has 0 aliphatic rings. The van der Waals surface area contributed by atoms with Crippen LogP contribution in [0.4, 0.5) is 0 Å². The van der Waals surface area contributed by atoms with Crippen LogP contribution in [0.5, 0.6) is 0 Å². The zero-order valence-electron chi connectivity index (χ0n) is 9.73. The molecule has 0 saturated heterocycles. The van der Waals surface area contributed by atoms with Crippen LogP contribution in [0.2, 0.25) is 0 Å². The van der Waals surface area contributed by atoms with Crippen LogP contribution in [0.25, 0.3) is 0 Å². The SMILES string of the molecule is CCN(CC(=O)NN)Cc1cccc(C)n1. The van der Waals surface area contributed by atoms with Crippen molar-refractivity contribution in [2.45, 2.75) is 20.4 Å². The van der Waals surface area contributed by atoms with Gasteiger partial charge in [0, 0.05) is 12.2 Å². The molecule has 0 unspecified atom stereocenters. The topological polar surface area (TPSA) is 71.2 Å². The molecular formula is C11H18N4O. The molecule has 1 aromatic heterocycles. The summed E-state index contributed by atoms with van der Waals surface area (Å²) in [6, 6.07) is 5.87. The molecule has 0 aromatic carbocycles. The Morgan fingerprint density at radius 3 is 2.88 bits per heavy atom. The highest BCUT2D eigenvalue weighted by Gasteiger charge is 2.08. The summed E-state index contributed by atoms with van der Waals surface area (Å²) in [5.74, 6) is 4.87. The van der Waals surface area contributed by atoms with E-state index in [2.05, 4.69) is 10.4 Å². The molecule has 3 N–H and O–H groups in total. The van der Waals surface area contributed by atoms with Crippen LogP contribution >= 0.6 is 0 Å². The van der Waals surface area contributed by atoms with Crippen molar-refractivity contribution in [1.82, 2.24) is 15.3 Å². The first-order valence-electron chi connectivity index (χ1n) is 5.30. The number of aromatic nitrogens is 1. The second kappa shape index (κ2) is 6.19. The van der Waals surface area contributed by atoms with Crippen molar-refractivity contribution in [3.05, 3.63) is 29.6 Å². The molecular weight excluding hydrogens is 204 g/mol. The number of amides is 1. The van der Waals surface area contributed by atoms with Crippen LogP contribution in [-0.4, -0.2) is 28.9 Å². The van der Waals surface area contributed by atoms with Gasteiger partial charge in [-0.3, -0.25) is 20.1 Å². The molecule has 0 atom stereocenters. The summed E-state index contributed by atoms with van der Waals surface area (Å²) < 4.78 is 0. The molecule has 0 spiro atoms. The fourth-order valence-corrected chi connectivity index (χ4v) is 1.44. The van der Waals surface area contributed by atoms with Gasteiger partial charge in [0.15, 0.2) is 0 Å². The van der Waals surface area contributed by atoms with E-state index in [-0.39, 0.29) is 5.91 Å². The number of nitrogens with two attached hydrogens (primary N) is 1. The van der Waals surface area contributed by atoms with Gasteiger partial charge in [0.05, 0.1) is 12.2 Å². The zero-order chi connectivity index (χ0) is 12.0. The Morgan fingerprint density at radius 2 is 2.31 bits per heavy atom. The number of nitrogens with one attached hydrogen (secondary N) is 1. The molecule has 1 aromatic rings. The highest BCUT2D eigenvalue weighted by Crippen LogP contribution is 2.02. The number of carbonyl (C=O) groups excluding carboxylic acids is 1. The number of hydrogen-bond acceptors (Lipinski definition) is 4. The quantitative estimate of drug-likeness (QED) is 0.424. The number of rotatable bonds is 5. The number of nitrogens with zero attached hydrogens (tertiary/aromatic N) is 2. The molecule has 1 rings (SSSR count). The summed E-state index contributed by atoms with van der Waals surface area (Å²) in [6.07, 6.45) is 0. The number of likely N-dealkylation sites (N-methyl/N-ethyl adjacent to an activating group) is 1. The van der Waals surface area contributed by atoms with Gasteiger partial charge in [-0.1, -0.05) is 13.0 Å². The minimum atomic E-state index is -0.186. The molecule has 0 aliphatic heterocycles. The third-order valence-electron chi connectivity index (χ3n) is 2.31. The Hall–Kier alpha value is -1.46. The van der Waals surface area contributed by atoms with Gasteiger partial charge >= 0.3 is 0 Å². The maximum absolute atomic E-state index is 11.1. The van der Waals surface area contributed by atoms with Gasteiger partial charge in [0.25, 0.3) is 0 Å². The monoisotopic (exact) mass is 222 g/mol. The van der Waals surface area contributed by atoms with E-state index in [1.165, 1.54) is 0 Å². The van der Waals surface area contributed by atoms with E-state index in [1.54, 1.807) is 0 Å². The summed E-state index contributed by atoms with van der Waals surface area (Å²) in [5.41, 5.74) is 4.07. The lowest BCUT2D eigenvalue weighted by Gasteiger charge is -2.18. The third-order valence-corrected chi connectivity index (χ3v) is 2.31. The first kappa shape index (κ1) is 12.6. The molecule has 0 radical (unpaired) electrons. The smallest absolute Gasteiger partial charge is 0.248 e. The van der Waals surface area contributed by atoms with Crippen LogP contribution in [0.15, 0.2) is 18.2 Å². The van der Waals surface area contributed by atoms with Gasteiger partial charge in [-0.25, -0.2) is 5.84 Å². The first-order chi connectivity index (χ1) is 7.65. The Morgan fingerprint density at radius 1 is 1.56 bits per heavy atom. The normalized spacial score (nSPS) is 10.5. The second-order valence-electron chi connectivity index (χ2n) is 3.64. The van der Waals surface area contributed by atoms with Crippen molar-refractivity contribution in [1.29, 1.82) is 0 Å². The Kier molecular flexibility index (Phi) is 4.88. The standard InChI is InChI=1S/C11H18N4O/c1-3-15(8-11(16)14-12)7-10-6-4-5-9(2)13-10/h4-6H,3,7-8,12H2,1-2H3,(H,14,16). The summed E-state index contributed by atoms with van der Waals surface area (Å²) in [7, 11) is 0. The number of hydrogen-bond donors (Lipinski definition) is 2. The van der Waals surface area contributed by atoms with E-state index in [0.29, 0.717) is 13.1 Å². The van der Waals surface area contributed by atoms with E-state index in [9.17, 15) is 4.79 Å². The van der Waals surface area contributed by atoms with Crippen molar-refractivity contribution >= 4 is 5.91 Å². The van der Waals surface area contributed by atoms with Crippen molar-refractivity contribution in [2.75, 3.05) is 13.1 Å². The van der Waals surface area contributed by atoms with Gasteiger partial charge in [0.1, 0.15) is 0 Å². The highest BCUT2D eigenvalue weighted by atomic mass is 16.2. The van der Waals surface area contributed by atoms with Crippen LogP contribution in [0.1, 0.15) is 18.3 Å². The fraction of sp³-hybridized carbons (Fsp3) is 0.455. The Bertz CT molecular complexity index is 354. The van der Waals surface area contributed by atoms with Crippen molar-refractivity contribution in [3.63, 3.8) is 0 Å². The predicted molar refractivity (Wildman–Crippen MR) is 62.3 cm³/mol. The minimum absolute atomic E-state index is 0.186. The van der Waals surface area contributed by atoms with Gasteiger partial charge in [-0.2, -0.15) is 0 Å². The van der Waals surface area contributed by atoms with Crippen molar-refractivity contribution in [3.8, 4) is 0 Å². The summed E-state index contributed by atoms with van der Waals surface area (Å²) in [4.78, 5) is 17.5. The largest absolute Gasteiger partial charge is 0.293 e. The number of aryl methyl sites for hydroxylation is 1. The molecule has 0 fully saturated rings. The zero-order valence-corrected chi connectivity index (χ0v) is 9.73. The number of hydrazine groups is 1. The van der Waals surface area contributed by atoms with Gasteiger partial charge in [-0.05, 0) is 25.6 Å². The van der Waals surface area contributed by atoms with Gasteiger partial charge in [-0.15, -0.1) is 0 Å². The molecule has 5 nitrogen and oxygen atoms in total. The van der Waals surface area contributed by atoms with E-state index in [0.717, 1.165) is 17.9 Å². The average Bonchev–Trinajstić information content (AvgIpc) is 2.28. The van der Waals surface area contributed by atoms with Gasteiger partial charge in [0.2, 0.25) is 5.91 Å². The van der Waals surface area contributed by atoms with E-state index in [4.69, 9.17) is 5.84 Å². The van der Waals surface area contributed by atoms with Crippen molar-refractivity contribution in [2.24, 2.45) is 5.84 Å². The fourth-order valence-electron chi connectivity index (χ4n) is 1.44. The first-order valence-corrected chi connectivity index (χ1v) is 5.30. The summed E-state index contributed by atoms with van der Waals surface area (Å²) in [6.45, 7) is 5.68. The maximum Gasteiger partial charge on any atom is 0.248 e. The van der Waals surface area contributed by atoms with Crippen LogP contribution in [0.3, 0.4) is 0 Å².